The molecule has 0 radical (unpaired) electrons. The predicted octanol–water partition coefficient (Wildman–Crippen LogP) is 3.28. The Bertz CT molecular complexity index is 611. The number of rotatable bonds is 3. The van der Waals surface area contributed by atoms with E-state index in [2.05, 4.69) is 17.9 Å². The van der Waals surface area contributed by atoms with Crippen molar-refractivity contribution in [3.63, 3.8) is 0 Å². The molecule has 6 heteroatoms. The highest BCUT2D eigenvalue weighted by Crippen LogP contribution is 2.35. The SMILES string of the molecule is CC(C)(C)OC(=O)N[C@H]1CC[C@@H](O)[C@@H](c2ccccc2C(=O)S)C1. The first-order valence-electron chi connectivity index (χ1n) is 8.17. The lowest BCUT2D eigenvalue weighted by Crippen LogP contribution is -2.44. The summed E-state index contributed by atoms with van der Waals surface area (Å²) < 4.78 is 5.29. The quantitative estimate of drug-likeness (QED) is 0.731. The number of aliphatic hydroxyl groups excluding tert-OH is 1. The molecule has 0 unspecified atom stereocenters. The molecule has 1 amide bonds. The molecule has 24 heavy (non-hydrogen) atoms. The van der Waals surface area contributed by atoms with Crippen LogP contribution >= 0.6 is 12.6 Å². The molecular formula is C18H25NO4S. The average Bonchev–Trinajstić information content (AvgIpc) is 2.47. The van der Waals surface area contributed by atoms with Gasteiger partial charge in [0.05, 0.1) is 6.10 Å². The van der Waals surface area contributed by atoms with Gasteiger partial charge in [-0.3, -0.25) is 4.79 Å². The van der Waals surface area contributed by atoms with E-state index in [1.165, 1.54) is 0 Å². The summed E-state index contributed by atoms with van der Waals surface area (Å²) in [6.45, 7) is 5.44. The first-order valence-corrected chi connectivity index (χ1v) is 8.62. The van der Waals surface area contributed by atoms with Gasteiger partial charge in [-0.1, -0.05) is 24.3 Å². The van der Waals surface area contributed by atoms with Crippen LogP contribution in [0.1, 0.15) is 61.9 Å². The third kappa shape index (κ3) is 4.98. The lowest BCUT2D eigenvalue weighted by Gasteiger charge is -2.35. The van der Waals surface area contributed by atoms with E-state index in [0.29, 0.717) is 24.8 Å². The number of nitrogens with one attached hydrogen (secondary N) is 1. The Labute approximate surface area is 148 Å². The first-order chi connectivity index (χ1) is 11.2. The maximum Gasteiger partial charge on any atom is 0.407 e. The van der Waals surface area contributed by atoms with Gasteiger partial charge >= 0.3 is 6.09 Å². The van der Waals surface area contributed by atoms with Gasteiger partial charge < -0.3 is 15.2 Å². The minimum absolute atomic E-state index is 0.101. The van der Waals surface area contributed by atoms with Crippen LogP contribution in [0.4, 0.5) is 4.79 Å². The molecule has 1 aromatic carbocycles. The van der Waals surface area contributed by atoms with Gasteiger partial charge in [-0.05, 0) is 45.6 Å². The van der Waals surface area contributed by atoms with E-state index in [0.717, 1.165) is 5.56 Å². The zero-order valence-corrected chi connectivity index (χ0v) is 15.2. The van der Waals surface area contributed by atoms with E-state index >= 15 is 0 Å². The second-order valence-corrected chi connectivity index (χ2v) is 7.63. The molecule has 0 aliphatic heterocycles. The van der Waals surface area contributed by atoms with E-state index < -0.39 is 17.8 Å². The van der Waals surface area contributed by atoms with Crippen LogP contribution in [-0.2, 0) is 4.74 Å². The van der Waals surface area contributed by atoms with Gasteiger partial charge in [-0.2, -0.15) is 0 Å². The van der Waals surface area contributed by atoms with Crippen molar-refractivity contribution >= 4 is 23.8 Å². The third-order valence-corrected chi connectivity index (χ3v) is 4.37. The maximum absolute atomic E-state index is 12.0. The van der Waals surface area contributed by atoms with Gasteiger partial charge in [0.2, 0.25) is 5.12 Å². The summed E-state index contributed by atoms with van der Waals surface area (Å²) in [5.74, 6) is -0.217. The smallest absolute Gasteiger partial charge is 0.407 e. The number of ether oxygens (including phenoxy) is 1. The van der Waals surface area contributed by atoms with E-state index in [4.69, 9.17) is 4.74 Å². The Balaban J connectivity index is 2.12. The fourth-order valence-electron chi connectivity index (χ4n) is 3.11. The second kappa shape index (κ2) is 7.57. The maximum atomic E-state index is 12.0. The largest absolute Gasteiger partial charge is 0.444 e. The molecule has 2 rings (SSSR count). The second-order valence-electron chi connectivity index (χ2n) is 7.22. The van der Waals surface area contributed by atoms with Gasteiger partial charge in [0, 0.05) is 17.5 Å². The molecule has 1 aliphatic rings. The predicted molar refractivity (Wildman–Crippen MR) is 95.5 cm³/mol. The number of aliphatic hydroxyl groups is 1. The van der Waals surface area contributed by atoms with Crippen molar-refractivity contribution in [2.45, 2.75) is 63.7 Å². The summed E-state index contributed by atoms with van der Waals surface area (Å²) in [6.07, 6.45) is 0.781. The molecule has 3 atom stereocenters. The van der Waals surface area contributed by atoms with Gasteiger partial charge in [0.15, 0.2) is 0 Å². The number of hydrogen-bond acceptors (Lipinski definition) is 4. The summed E-state index contributed by atoms with van der Waals surface area (Å²) in [7, 11) is 0. The van der Waals surface area contributed by atoms with Crippen LogP contribution in [0.15, 0.2) is 24.3 Å². The molecule has 0 aromatic heterocycles. The fraction of sp³-hybridized carbons (Fsp3) is 0.556. The normalized spacial score (nSPS) is 24.3. The summed E-state index contributed by atoms with van der Waals surface area (Å²) in [6, 6.07) is 7.07. The van der Waals surface area contributed by atoms with Crippen molar-refractivity contribution in [2.24, 2.45) is 0 Å². The summed E-state index contributed by atoms with van der Waals surface area (Å²) in [4.78, 5) is 23.7. The highest BCUT2D eigenvalue weighted by Gasteiger charge is 2.33. The Morgan fingerprint density at radius 3 is 2.54 bits per heavy atom. The minimum atomic E-state index is -0.553. The summed E-state index contributed by atoms with van der Waals surface area (Å²) in [5.41, 5.74) is 0.728. The van der Waals surface area contributed by atoms with Crippen LogP contribution in [-0.4, -0.2) is 34.1 Å². The number of carbonyl (C=O) groups is 2. The lowest BCUT2D eigenvalue weighted by atomic mass is 9.78. The fourth-order valence-corrected chi connectivity index (χ4v) is 3.31. The third-order valence-electron chi connectivity index (χ3n) is 4.13. The van der Waals surface area contributed by atoms with Gasteiger partial charge in [0.25, 0.3) is 0 Å². The number of hydrogen-bond donors (Lipinski definition) is 3. The minimum Gasteiger partial charge on any atom is -0.444 e. The molecular weight excluding hydrogens is 326 g/mol. The van der Waals surface area contributed by atoms with E-state index in [1.54, 1.807) is 12.1 Å². The summed E-state index contributed by atoms with van der Waals surface area (Å²) in [5, 5.41) is 12.9. The zero-order valence-electron chi connectivity index (χ0n) is 14.3. The van der Waals surface area contributed by atoms with Crippen LogP contribution in [0.3, 0.4) is 0 Å². The molecule has 132 valence electrons. The summed E-state index contributed by atoms with van der Waals surface area (Å²) >= 11 is 3.92. The average molecular weight is 351 g/mol. The Kier molecular flexibility index (Phi) is 5.93. The van der Waals surface area contributed by atoms with E-state index in [1.807, 2.05) is 32.9 Å². The number of benzene rings is 1. The first kappa shape index (κ1) is 18.8. The molecule has 0 spiro atoms. The molecule has 0 bridgehead atoms. The van der Waals surface area contributed by atoms with Gasteiger partial charge in [-0.15, -0.1) is 12.6 Å². The molecule has 5 nitrogen and oxygen atoms in total. The molecule has 0 saturated heterocycles. The van der Waals surface area contributed by atoms with Crippen molar-refractivity contribution in [1.82, 2.24) is 5.32 Å². The number of carbonyl (C=O) groups excluding carboxylic acids is 2. The van der Waals surface area contributed by atoms with Crippen LogP contribution in [0.25, 0.3) is 0 Å². The van der Waals surface area contributed by atoms with E-state index in [-0.39, 0.29) is 17.1 Å². The van der Waals surface area contributed by atoms with Crippen LogP contribution in [0, 0.1) is 0 Å². The molecule has 1 fully saturated rings. The Morgan fingerprint density at radius 2 is 1.92 bits per heavy atom. The number of thiol groups is 1. The lowest BCUT2D eigenvalue weighted by molar-refractivity contribution is 0.0436. The molecule has 1 aromatic rings. The van der Waals surface area contributed by atoms with Crippen LogP contribution < -0.4 is 5.32 Å². The van der Waals surface area contributed by atoms with Crippen molar-refractivity contribution in [2.75, 3.05) is 0 Å². The molecule has 1 saturated carbocycles. The molecule has 0 heterocycles. The van der Waals surface area contributed by atoms with Crippen molar-refractivity contribution in [3.05, 3.63) is 35.4 Å². The van der Waals surface area contributed by atoms with Crippen molar-refractivity contribution in [1.29, 1.82) is 0 Å². The topological polar surface area (TPSA) is 75.6 Å². The van der Waals surface area contributed by atoms with Gasteiger partial charge in [-0.25, -0.2) is 4.79 Å². The van der Waals surface area contributed by atoms with Crippen LogP contribution in [0.5, 0.6) is 0 Å². The highest BCUT2D eigenvalue weighted by atomic mass is 32.1. The molecule has 2 N–H and O–H groups in total. The Hall–Kier alpha value is -1.53. The molecule has 1 aliphatic carbocycles. The number of amides is 1. The monoisotopic (exact) mass is 351 g/mol. The van der Waals surface area contributed by atoms with Gasteiger partial charge in [0.1, 0.15) is 5.60 Å². The Morgan fingerprint density at radius 1 is 1.25 bits per heavy atom. The van der Waals surface area contributed by atoms with Crippen molar-refractivity contribution < 1.29 is 19.4 Å². The highest BCUT2D eigenvalue weighted by molar-refractivity contribution is 7.97. The standard InChI is InChI=1S/C18H25NO4S/c1-18(2,3)23-17(22)19-11-8-9-15(20)14(10-11)12-6-4-5-7-13(12)16(21)24/h4-7,11,14-15,20H,8-10H2,1-3H3,(H,19,22)(H,21,24)/t11-,14+,15+/m0/s1. The zero-order chi connectivity index (χ0) is 17.9. The van der Waals surface area contributed by atoms with Crippen molar-refractivity contribution in [3.8, 4) is 0 Å². The van der Waals surface area contributed by atoms with Crippen LogP contribution in [0.2, 0.25) is 0 Å². The number of alkyl carbamates (subject to hydrolysis) is 1. The van der Waals surface area contributed by atoms with E-state index in [9.17, 15) is 14.7 Å².